The quantitative estimate of drug-likeness (QED) is 0.336. The van der Waals surface area contributed by atoms with E-state index in [1.54, 1.807) is 0 Å². The Morgan fingerprint density at radius 3 is 2.50 bits per heavy atom. The molecule has 1 heterocycles. The third-order valence-corrected chi connectivity index (χ3v) is 4.47. The van der Waals surface area contributed by atoms with Crippen molar-refractivity contribution >= 4 is 5.96 Å². The Hall–Kier alpha value is -1.63. The van der Waals surface area contributed by atoms with E-state index < -0.39 is 0 Å². The van der Waals surface area contributed by atoms with Crippen LogP contribution in [0.1, 0.15) is 71.5 Å². The number of hydrogen-bond acceptors (Lipinski definition) is 5. The van der Waals surface area contributed by atoms with Crippen molar-refractivity contribution < 1.29 is 4.52 Å². The largest absolute Gasteiger partial charge is 0.356 e. The third kappa shape index (κ3) is 8.65. The van der Waals surface area contributed by atoms with Crippen LogP contribution in [-0.2, 0) is 6.42 Å². The highest BCUT2D eigenvalue weighted by Gasteiger charge is 2.10. The van der Waals surface area contributed by atoms with E-state index in [0.29, 0.717) is 17.9 Å². The van der Waals surface area contributed by atoms with Gasteiger partial charge in [0.2, 0.25) is 5.89 Å². The summed E-state index contributed by atoms with van der Waals surface area (Å²) in [6.45, 7) is 15.0. The highest BCUT2D eigenvalue weighted by atomic mass is 16.5. The van der Waals surface area contributed by atoms with E-state index in [2.05, 4.69) is 65.3 Å². The van der Waals surface area contributed by atoms with Gasteiger partial charge in [-0.2, -0.15) is 4.98 Å². The summed E-state index contributed by atoms with van der Waals surface area (Å²) in [7, 11) is 1.81. The Bertz CT molecular complexity index is 510. The summed E-state index contributed by atoms with van der Waals surface area (Å²) in [6.07, 6.45) is 4.04. The molecule has 7 heteroatoms. The molecule has 0 bridgehead atoms. The molecule has 26 heavy (non-hydrogen) atoms. The van der Waals surface area contributed by atoms with Gasteiger partial charge in [-0.3, -0.25) is 4.99 Å². The first-order valence-corrected chi connectivity index (χ1v) is 10.0. The van der Waals surface area contributed by atoms with Crippen molar-refractivity contribution in [2.45, 2.75) is 72.3 Å². The summed E-state index contributed by atoms with van der Waals surface area (Å²) in [5, 5.41) is 10.8. The normalized spacial score (nSPS) is 13.5. The summed E-state index contributed by atoms with van der Waals surface area (Å²) in [5.74, 6) is 2.65. The molecule has 0 aromatic carbocycles. The average molecular weight is 367 g/mol. The lowest BCUT2D eigenvalue weighted by atomic mass is 10.2. The topological polar surface area (TPSA) is 78.6 Å². The van der Waals surface area contributed by atoms with Crippen LogP contribution in [0.3, 0.4) is 0 Å². The first-order valence-electron chi connectivity index (χ1n) is 10.0. The Balaban J connectivity index is 2.21. The molecule has 1 aromatic heterocycles. The van der Waals surface area contributed by atoms with Gasteiger partial charge in [0.1, 0.15) is 0 Å². The van der Waals surface area contributed by atoms with Gasteiger partial charge in [0.15, 0.2) is 11.8 Å². The molecule has 0 saturated carbocycles. The van der Waals surface area contributed by atoms with Crippen LogP contribution in [-0.4, -0.2) is 60.3 Å². The zero-order valence-electron chi connectivity index (χ0n) is 17.5. The second-order valence-corrected chi connectivity index (χ2v) is 7.02. The highest BCUT2D eigenvalue weighted by Crippen LogP contribution is 2.10. The minimum absolute atomic E-state index is 0.303. The van der Waals surface area contributed by atoms with Gasteiger partial charge < -0.3 is 20.1 Å². The van der Waals surface area contributed by atoms with Gasteiger partial charge in [-0.15, -0.1) is 0 Å². The summed E-state index contributed by atoms with van der Waals surface area (Å²) >= 11 is 0. The van der Waals surface area contributed by atoms with Crippen LogP contribution in [0.15, 0.2) is 9.52 Å². The molecule has 7 nitrogen and oxygen atoms in total. The van der Waals surface area contributed by atoms with E-state index >= 15 is 0 Å². The summed E-state index contributed by atoms with van der Waals surface area (Å²) in [4.78, 5) is 11.2. The second kappa shape index (κ2) is 12.7. The van der Waals surface area contributed by atoms with Crippen molar-refractivity contribution in [1.82, 2.24) is 25.7 Å². The van der Waals surface area contributed by atoms with Crippen LogP contribution < -0.4 is 10.6 Å². The van der Waals surface area contributed by atoms with Crippen LogP contribution in [0, 0.1) is 0 Å². The fraction of sp³-hybridized carbons (Fsp3) is 0.842. The number of guanidine groups is 1. The zero-order valence-corrected chi connectivity index (χ0v) is 17.5. The van der Waals surface area contributed by atoms with Gasteiger partial charge in [0, 0.05) is 32.0 Å². The van der Waals surface area contributed by atoms with Crippen LogP contribution in [0.25, 0.3) is 0 Å². The van der Waals surface area contributed by atoms with Crippen LogP contribution in [0.4, 0.5) is 0 Å². The Labute approximate surface area is 159 Å². The first-order chi connectivity index (χ1) is 12.5. The van der Waals surface area contributed by atoms with Crippen molar-refractivity contribution in [3.8, 4) is 0 Å². The Morgan fingerprint density at radius 1 is 1.19 bits per heavy atom. The highest BCUT2D eigenvalue weighted by molar-refractivity contribution is 5.79. The second-order valence-electron chi connectivity index (χ2n) is 7.02. The average Bonchev–Trinajstić information content (AvgIpc) is 3.10. The van der Waals surface area contributed by atoms with Crippen LogP contribution in [0.5, 0.6) is 0 Å². The summed E-state index contributed by atoms with van der Waals surface area (Å²) in [5.41, 5.74) is 0. The molecular formula is C19H38N6O. The summed E-state index contributed by atoms with van der Waals surface area (Å²) in [6, 6.07) is 0.404. The van der Waals surface area contributed by atoms with Crippen LogP contribution in [0.2, 0.25) is 0 Å². The maximum atomic E-state index is 5.27. The molecular weight excluding hydrogens is 328 g/mol. The lowest BCUT2D eigenvalue weighted by Crippen LogP contribution is -2.42. The smallest absolute Gasteiger partial charge is 0.226 e. The molecule has 1 atom stereocenters. The van der Waals surface area contributed by atoms with Crippen molar-refractivity contribution in [3.63, 3.8) is 0 Å². The van der Waals surface area contributed by atoms with E-state index in [-0.39, 0.29) is 0 Å². The van der Waals surface area contributed by atoms with Gasteiger partial charge in [-0.25, -0.2) is 0 Å². The first kappa shape index (κ1) is 22.4. The molecule has 1 unspecified atom stereocenters. The minimum atomic E-state index is 0.303. The van der Waals surface area contributed by atoms with Crippen molar-refractivity contribution in [2.75, 3.05) is 33.2 Å². The number of hydrogen-bond donors (Lipinski definition) is 2. The number of aromatic nitrogens is 2. The molecule has 2 N–H and O–H groups in total. The third-order valence-electron chi connectivity index (χ3n) is 4.47. The molecule has 150 valence electrons. The molecule has 1 aromatic rings. The number of aliphatic imine (C=N–C) groups is 1. The van der Waals surface area contributed by atoms with Gasteiger partial charge >= 0.3 is 0 Å². The summed E-state index contributed by atoms with van der Waals surface area (Å²) < 4.78 is 5.27. The van der Waals surface area contributed by atoms with Crippen molar-refractivity contribution in [1.29, 1.82) is 0 Å². The number of rotatable bonds is 12. The Kier molecular flexibility index (Phi) is 10.9. The lowest BCUT2D eigenvalue weighted by Gasteiger charge is -2.21. The molecule has 0 amide bonds. The molecule has 0 spiro atoms. The van der Waals surface area contributed by atoms with Crippen molar-refractivity contribution in [2.24, 2.45) is 4.99 Å². The predicted molar refractivity (Wildman–Crippen MR) is 108 cm³/mol. The maximum absolute atomic E-state index is 5.27. The molecule has 0 radical (unpaired) electrons. The van der Waals surface area contributed by atoms with E-state index in [1.807, 2.05) is 7.05 Å². The molecule has 0 aliphatic carbocycles. The fourth-order valence-electron chi connectivity index (χ4n) is 2.71. The molecule has 0 aliphatic heterocycles. The van der Waals surface area contributed by atoms with Crippen molar-refractivity contribution in [3.05, 3.63) is 11.7 Å². The zero-order chi connectivity index (χ0) is 19.4. The number of aryl methyl sites for hydroxylation is 1. The molecule has 0 fully saturated rings. The van der Waals surface area contributed by atoms with E-state index in [1.165, 1.54) is 6.42 Å². The predicted octanol–water partition coefficient (Wildman–Crippen LogP) is 2.80. The van der Waals surface area contributed by atoms with Gasteiger partial charge in [-0.1, -0.05) is 32.9 Å². The number of nitrogens with one attached hydrogen (secondary N) is 2. The minimum Gasteiger partial charge on any atom is -0.356 e. The van der Waals surface area contributed by atoms with Gasteiger partial charge in [-0.05, 0) is 45.8 Å². The van der Waals surface area contributed by atoms with Crippen LogP contribution >= 0.6 is 0 Å². The fourth-order valence-corrected chi connectivity index (χ4v) is 2.71. The van der Waals surface area contributed by atoms with Gasteiger partial charge in [0.25, 0.3) is 0 Å². The molecule has 1 rings (SSSR count). The standard InChI is InChI=1S/C19H38N6O/c1-7-25(8-2)14-10-11-16(5)22-19(20-6)21-13-9-12-17-23-18(15(3)4)24-26-17/h15-16H,7-14H2,1-6H3,(H2,20,21,22). The maximum Gasteiger partial charge on any atom is 0.226 e. The molecule has 0 aliphatic rings. The van der Waals surface area contributed by atoms with E-state index in [9.17, 15) is 0 Å². The van der Waals surface area contributed by atoms with E-state index in [0.717, 1.165) is 57.2 Å². The van der Waals surface area contributed by atoms with E-state index in [4.69, 9.17) is 4.52 Å². The lowest BCUT2D eigenvalue weighted by molar-refractivity contribution is 0.292. The number of nitrogens with zero attached hydrogens (tertiary/aromatic N) is 4. The Morgan fingerprint density at radius 2 is 1.92 bits per heavy atom. The monoisotopic (exact) mass is 366 g/mol. The van der Waals surface area contributed by atoms with Gasteiger partial charge in [0.05, 0.1) is 0 Å². The SMILES string of the molecule is CCN(CC)CCCC(C)NC(=NC)NCCCc1nc(C(C)C)no1. The molecule has 0 saturated heterocycles.